The molecule has 2 aromatic carbocycles. The van der Waals surface area contributed by atoms with Crippen LogP contribution in [0.1, 0.15) is 0 Å². The molecule has 0 aliphatic rings. The van der Waals surface area contributed by atoms with Gasteiger partial charge in [-0.2, -0.15) is 5.10 Å². The number of hydrogen-bond acceptors (Lipinski definition) is 6. The van der Waals surface area contributed by atoms with Gasteiger partial charge in [0.05, 0.1) is 22.6 Å². The highest BCUT2D eigenvalue weighted by Gasteiger charge is 2.19. The molecule has 0 aliphatic carbocycles. The SMILES string of the molecule is COc1cccc(-c2cc(Nc3cc(S(=O)(=O)c4ccccc4)cc(Cl)n3)n[nH]2)c1. The van der Waals surface area contributed by atoms with E-state index in [1.165, 1.54) is 24.3 Å². The number of nitrogens with zero attached hydrogens (tertiary/aromatic N) is 2. The number of rotatable bonds is 6. The molecule has 0 bridgehead atoms. The summed E-state index contributed by atoms with van der Waals surface area (Å²) in [5.74, 6) is 1.45. The molecule has 7 nitrogen and oxygen atoms in total. The first-order valence-electron chi connectivity index (χ1n) is 8.90. The third-order valence-corrected chi connectivity index (χ3v) is 6.29. The van der Waals surface area contributed by atoms with Crippen LogP contribution in [0.25, 0.3) is 11.3 Å². The van der Waals surface area contributed by atoms with Gasteiger partial charge in [-0.05, 0) is 36.4 Å². The van der Waals surface area contributed by atoms with Crippen LogP contribution in [0.2, 0.25) is 5.15 Å². The molecule has 0 radical (unpaired) electrons. The Balaban J connectivity index is 1.63. The van der Waals surface area contributed by atoms with Crippen LogP contribution >= 0.6 is 11.6 Å². The molecule has 0 saturated carbocycles. The molecule has 152 valence electrons. The van der Waals surface area contributed by atoms with Crippen molar-refractivity contribution in [3.63, 3.8) is 0 Å². The molecule has 2 N–H and O–H groups in total. The van der Waals surface area contributed by atoms with Gasteiger partial charge < -0.3 is 10.1 Å². The summed E-state index contributed by atoms with van der Waals surface area (Å²) in [7, 11) is -2.13. The van der Waals surface area contributed by atoms with Crippen molar-refractivity contribution in [1.82, 2.24) is 15.2 Å². The average Bonchev–Trinajstić information content (AvgIpc) is 3.22. The summed E-state index contributed by atoms with van der Waals surface area (Å²) in [5, 5.41) is 10.2. The third-order valence-electron chi connectivity index (χ3n) is 4.35. The van der Waals surface area contributed by atoms with Crippen molar-refractivity contribution in [2.45, 2.75) is 9.79 Å². The average molecular weight is 441 g/mol. The number of nitrogens with one attached hydrogen (secondary N) is 2. The number of hydrogen-bond donors (Lipinski definition) is 2. The maximum absolute atomic E-state index is 12.9. The van der Waals surface area contributed by atoms with E-state index in [1.807, 2.05) is 24.3 Å². The van der Waals surface area contributed by atoms with Crippen LogP contribution in [0, 0.1) is 0 Å². The fourth-order valence-corrected chi connectivity index (χ4v) is 4.48. The number of aromatic amines is 1. The van der Waals surface area contributed by atoms with E-state index < -0.39 is 9.84 Å². The van der Waals surface area contributed by atoms with Crippen LogP contribution in [-0.4, -0.2) is 30.7 Å². The number of halogens is 1. The molecule has 0 aliphatic heterocycles. The Kier molecular flexibility index (Phi) is 5.43. The van der Waals surface area contributed by atoms with E-state index in [1.54, 1.807) is 31.4 Å². The van der Waals surface area contributed by atoms with Crippen LogP contribution in [0.3, 0.4) is 0 Å². The standard InChI is InChI=1S/C21H17ClN4O3S/c1-29-15-7-5-6-14(10-15)18-13-21(26-25-18)24-20-12-17(11-19(22)23-20)30(27,28)16-8-3-2-4-9-16/h2-13H,1H3,(H2,23,24,25,26). The van der Waals surface area contributed by atoms with Gasteiger partial charge in [0.25, 0.3) is 0 Å². The van der Waals surface area contributed by atoms with E-state index >= 15 is 0 Å². The summed E-state index contributed by atoms with van der Waals surface area (Å²) in [6.07, 6.45) is 0. The predicted octanol–water partition coefficient (Wildman–Crippen LogP) is 4.71. The second kappa shape index (κ2) is 8.17. The minimum atomic E-state index is -3.73. The molecule has 30 heavy (non-hydrogen) atoms. The number of aromatic nitrogens is 3. The van der Waals surface area contributed by atoms with E-state index in [0.717, 1.165) is 17.0 Å². The molecule has 0 atom stereocenters. The molecular weight excluding hydrogens is 424 g/mol. The number of pyridine rings is 1. The maximum Gasteiger partial charge on any atom is 0.206 e. The van der Waals surface area contributed by atoms with Crippen molar-refractivity contribution in [1.29, 1.82) is 0 Å². The third kappa shape index (κ3) is 4.14. The normalized spacial score (nSPS) is 11.3. The summed E-state index contributed by atoms with van der Waals surface area (Å²) >= 11 is 6.09. The number of ether oxygens (including phenoxy) is 1. The highest BCUT2D eigenvalue weighted by Crippen LogP contribution is 2.28. The zero-order chi connectivity index (χ0) is 21.1. The van der Waals surface area contributed by atoms with E-state index in [2.05, 4.69) is 20.5 Å². The highest BCUT2D eigenvalue weighted by atomic mass is 35.5. The van der Waals surface area contributed by atoms with E-state index in [9.17, 15) is 8.42 Å². The lowest BCUT2D eigenvalue weighted by Crippen LogP contribution is -2.04. The van der Waals surface area contributed by atoms with Gasteiger partial charge >= 0.3 is 0 Å². The second-order valence-corrected chi connectivity index (χ2v) is 8.69. The molecule has 2 heterocycles. The minimum absolute atomic E-state index is 0.0414. The topological polar surface area (TPSA) is 97.0 Å². The molecule has 9 heteroatoms. The van der Waals surface area contributed by atoms with Crippen molar-refractivity contribution >= 4 is 33.1 Å². The van der Waals surface area contributed by atoms with Crippen molar-refractivity contribution in [3.8, 4) is 17.0 Å². The lowest BCUT2D eigenvalue weighted by molar-refractivity contribution is 0.415. The first kappa shape index (κ1) is 19.9. The Bertz CT molecular complexity index is 1290. The molecule has 4 rings (SSSR count). The Morgan fingerprint density at radius 3 is 2.50 bits per heavy atom. The fourth-order valence-electron chi connectivity index (χ4n) is 2.88. The van der Waals surface area contributed by atoms with E-state index in [4.69, 9.17) is 16.3 Å². The minimum Gasteiger partial charge on any atom is -0.497 e. The van der Waals surface area contributed by atoms with Crippen LogP contribution in [0.5, 0.6) is 5.75 Å². The summed E-state index contributed by atoms with van der Waals surface area (Å²) in [6.45, 7) is 0. The largest absolute Gasteiger partial charge is 0.497 e. The van der Waals surface area contributed by atoms with Gasteiger partial charge in [-0.15, -0.1) is 0 Å². The lowest BCUT2D eigenvalue weighted by atomic mass is 10.1. The number of sulfone groups is 1. The van der Waals surface area contributed by atoms with E-state index in [0.29, 0.717) is 5.82 Å². The summed E-state index contributed by atoms with van der Waals surface area (Å²) in [4.78, 5) is 4.38. The first-order chi connectivity index (χ1) is 14.5. The summed E-state index contributed by atoms with van der Waals surface area (Å²) in [6, 6.07) is 20.2. The van der Waals surface area contributed by atoms with Gasteiger partial charge in [0.2, 0.25) is 9.84 Å². The van der Waals surface area contributed by atoms with E-state index in [-0.39, 0.29) is 20.8 Å². The molecule has 4 aromatic rings. The Morgan fingerprint density at radius 1 is 0.933 bits per heavy atom. The monoisotopic (exact) mass is 440 g/mol. The van der Waals surface area contributed by atoms with Gasteiger partial charge in [0, 0.05) is 11.6 Å². The van der Waals surface area contributed by atoms with Crippen LogP contribution < -0.4 is 10.1 Å². The molecule has 0 amide bonds. The zero-order valence-corrected chi connectivity index (χ0v) is 17.4. The molecular formula is C21H17ClN4O3S. The molecule has 0 fully saturated rings. The maximum atomic E-state index is 12.9. The summed E-state index contributed by atoms with van der Waals surface area (Å²) < 4.78 is 31.0. The smallest absolute Gasteiger partial charge is 0.206 e. The van der Waals surface area contributed by atoms with Gasteiger partial charge in [-0.3, -0.25) is 5.10 Å². The first-order valence-corrected chi connectivity index (χ1v) is 10.8. The Labute approximate surface area is 178 Å². The van der Waals surface area contributed by atoms with Crippen LogP contribution in [0.4, 0.5) is 11.6 Å². The number of H-pyrrole nitrogens is 1. The van der Waals surface area contributed by atoms with Crippen molar-refractivity contribution in [3.05, 3.63) is 77.9 Å². The molecule has 0 saturated heterocycles. The van der Waals surface area contributed by atoms with Gasteiger partial charge in [-0.1, -0.05) is 41.9 Å². The highest BCUT2D eigenvalue weighted by molar-refractivity contribution is 7.91. The van der Waals surface area contributed by atoms with Gasteiger partial charge in [-0.25, -0.2) is 13.4 Å². The Hall–Kier alpha value is -3.36. The molecule has 2 aromatic heterocycles. The number of anilines is 2. The van der Waals surface area contributed by atoms with Crippen molar-refractivity contribution in [2.24, 2.45) is 0 Å². The fraction of sp³-hybridized carbons (Fsp3) is 0.0476. The van der Waals surface area contributed by atoms with Gasteiger partial charge in [0.1, 0.15) is 16.7 Å². The summed E-state index contributed by atoms with van der Waals surface area (Å²) in [5.41, 5.74) is 1.65. The predicted molar refractivity (Wildman–Crippen MR) is 115 cm³/mol. The number of benzene rings is 2. The second-order valence-electron chi connectivity index (χ2n) is 6.35. The van der Waals surface area contributed by atoms with Gasteiger partial charge in [0.15, 0.2) is 5.82 Å². The lowest BCUT2D eigenvalue weighted by Gasteiger charge is -2.08. The van der Waals surface area contributed by atoms with Crippen molar-refractivity contribution < 1.29 is 13.2 Å². The molecule has 0 unspecified atom stereocenters. The van der Waals surface area contributed by atoms with Crippen LogP contribution in [0.15, 0.2) is 82.6 Å². The number of methoxy groups -OCH3 is 1. The van der Waals surface area contributed by atoms with Crippen molar-refractivity contribution in [2.75, 3.05) is 12.4 Å². The van der Waals surface area contributed by atoms with Crippen LogP contribution in [-0.2, 0) is 9.84 Å². The quantitative estimate of drug-likeness (QED) is 0.421. The Morgan fingerprint density at radius 2 is 1.73 bits per heavy atom. The zero-order valence-electron chi connectivity index (χ0n) is 15.8. The molecule has 0 spiro atoms.